The molecule has 4 aliphatic rings. The monoisotopic (exact) mass is 755 g/mol. The van der Waals surface area contributed by atoms with E-state index in [1.165, 1.54) is 98.1 Å². The average Bonchev–Trinajstić information content (AvgIpc) is 3.70. The summed E-state index contributed by atoms with van der Waals surface area (Å²) in [4.78, 5) is 5.36. The van der Waals surface area contributed by atoms with E-state index in [-0.39, 0.29) is 28.5 Å². The zero-order valence-corrected chi connectivity index (χ0v) is 35.4. The number of benzene rings is 6. The highest BCUT2D eigenvalue weighted by atomic mass is 15.3. The number of hydrogen-bond donors (Lipinski definition) is 0. The molecule has 4 heteroatoms. The van der Waals surface area contributed by atoms with Gasteiger partial charge in [0.15, 0.2) is 0 Å². The van der Waals surface area contributed by atoms with Crippen molar-refractivity contribution in [1.29, 1.82) is 0 Å². The quantitative estimate of drug-likeness (QED) is 0.166. The molecule has 6 aromatic carbocycles. The molecular formula is C54H54BN3. The largest absolute Gasteiger partial charge is 0.335 e. The van der Waals surface area contributed by atoms with Gasteiger partial charge < -0.3 is 14.4 Å². The maximum absolute atomic E-state index is 2.89. The Labute approximate surface area is 345 Å². The van der Waals surface area contributed by atoms with Crippen molar-refractivity contribution in [1.82, 2.24) is 4.57 Å². The van der Waals surface area contributed by atoms with Gasteiger partial charge in [0.1, 0.15) is 0 Å². The molecule has 288 valence electrons. The molecule has 4 heterocycles. The van der Waals surface area contributed by atoms with Crippen LogP contribution in [0, 0.1) is 0 Å². The fourth-order valence-corrected chi connectivity index (χ4v) is 11.5. The minimum atomic E-state index is -0.0810. The molecule has 1 aliphatic carbocycles. The fraction of sp³-hybridized carbons (Fsp3) is 0.296. The topological polar surface area (TPSA) is 11.4 Å². The van der Waals surface area contributed by atoms with Gasteiger partial charge in [-0.1, -0.05) is 146 Å². The molecule has 3 nitrogen and oxygen atoms in total. The fourth-order valence-electron chi connectivity index (χ4n) is 11.5. The van der Waals surface area contributed by atoms with E-state index in [0.29, 0.717) is 0 Å². The first kappa shape index (κ1) is 35.7. The van der Waals surface area contributed by atoms with E-state index in [4.69, 9.17) is 0 Å². The van der Waals surface area contributed by atoms with E-state index < -0.39 is 0 Å². The van der Waals surface area contributed by atoms with Crippen molar-refractivity contribution in [3.8, 4) is 16.9 Å². The molecule has 0 N–H and O–H groups in total. The summed E-state index contributed by atoms with van der Waals surface area (Å²) < 4.78 is 2.65. The maximum atomic E-state index is 2.89. The summed E-state index contributed by atoms with van der Waals surface area (Å²) in [7, 11) is 0. The average molecular weight is 756 g/mol. The van der Waals surface area contributed by atoms with Crippen molar-refractivity contribution in [3.05, 3.63) is 150 Å². The lowest BCUT2D eigenvalue weighted by atomic mass is 9.33. The third-order valence-corrected chi connectivity index (χ3v) is 14.8. The number of anilines is 5. The van der Waals surface area contributed by atoms with Crippen molar-refractivity contribution < 1.29 is 0 Å². The van der Waals surface area contributed by atoms with Gasteiger partial charge in [-0.2, -0.15) is 0 Å². The van der Waals surface area contributed by atoms with Crippen LogP contribution in [0.25, 0.3) is 27.8 Å². The number of nitrogens with zero attached hydrogens (tertiary/aromatic N) is 3. The molecule has 1 fully saturated rings. The highest BCUT2D eigenvalue weighted by molar-refractivity contribution is 7.00. The smallest absolute Gasteiger partial charge is 0.252 e. The molecule has 11 rings (SSSR count). The number of para-hydroxylation sites is 2. The Morgan fingerprint density at radius 3 is 1.79 bits per heavy atom. The van der Waals surface area contributed by atoms with Crippen LogP contribution >= 0.6 is 0 Å². The number of fused-ring (bicyclic) bond motifs is 7. The lowest BCUT2D eigenvalue weighted by Gasteiger charge is -2.52. The summed E-state index contributed by atoms with van der Waals surface area (Å²) in [5, 5.41) is 1.32. The van der Waals surface area contributed by atoms with Crippen LogP contribution in [-0.4, -0.2) is 16.8 Å². The molecule has 2 unspecified atom stereocenters. The van der Waals surface area contributed by atoms with Gasteiger partial charge in [-0.3, -0.25) is 0 Å². The van der Waals surface area contributed by atoms with Crippen molar-refractivity contribution in [3.63, 3.8) is 0 Å². The molecule has 0 spiro atoms. The van der Waals surface area contributed by atoms with Gasteiger partial charge in [0, 0.05) is 44.8 Å². The number of rotatable bonds is 4. The Morgan fingerprint density at radius 1 is 0.586 bits per heavy atom. The Kier molecular flexibility index (Phi) is 7.40. The molecule has 0 amide bonds. The van der Waals surface area contributed by atoms with Crippen molar-refractivity contribution in [2.24, 2.45) is 0 Å². The third-order valence-electron chi connectivity index (χ3n) is 14.8. The second-order valence-corrected chi connectivity index (χ2v) is 20.2. The first-order valence-electron chi connectivity index (χ1n) is 21.6. The molecule has 7 aromatic rings. The highest BCUT2D eigenvalue weighted by Gasteiger charge is 2.61. The third kappa shape index (κ3) is 4.81. The maximum Gasteiger partial charge on any atom is 0.252 e. The summed E-state index contributed by atoms with van der Waals surface area (Å²) in [5.74, 6) is 0. The van der Waals surface area contributed by atoms with Crippen LogP contribution in [0.4, 0.5) is 28.4 Å². The first-order chi connectivity index (χ1) is 27.8. The minimum absolute atomic E-state index is 0.00959. The van der Waals surface area contributed by atoms with E-state index in [0.717, 1.165) is 11.4 Å². The minimum Gasteiger partial charge on any atom is -0.335 e. The summed E-state index contributed by atoms with van der Waals surface area (Å²) >= 11 is 0. The SMILES string of the molecule is CC(C)(C)c1cc2c3c(c1)C1(C)CCCCC1(C)N3c1cc(N(c3ccccc3)c3ccccc3)cc3c1B2c1cc(C(C)(C)C)cc2cc(-c4ccccc4)n-3c12. The van der Waals surface area contributed by atoms with Crippen LogP contribution in [0.3, 0.4) is 0 Å². The molecule has 58 heavy (non-hydrogen) atoms. The van der Waals surface area contributed by atoms with E-state index in [2.05, 4.69) is 203 Å². The van der Waals surface area contributed by atoms with E-state index in [9.17, 15) is 0 Å². The zero-order chi connectivity index (χ0) is 39.9. The van der Waals surface area contributed by atoms with Crippen molar-refractivity contribution >= 4 is 62.4 Å². The van der Waals surface area contributed by atoms with Gasteiger partial charge >= 0.3 is 0 Å². The van der Waals surface area contributed by atoms with Gasteiger partial charge in [0.2, 0.25) is 0 Å². The number of hydrogen-bond acceptors (Lipinski definition) is 2. The molecule has 2 atom stereocenters. The summed E-state index contributed by atoms with van der Waals surface area (Å²) in [6, 6.07) is 50.9. The van der Waals surface area contributed by atoms with E-state index in [1.54, 1.807) is 5.56 Å². The van der Waals surface area contributed by atoms with Gasteiger partial charge in [0.25, 0.3) is 6.71 Å². The van der Waals surface area contributed by atoms with Crippen molar-refractivity contribution in [2.75, 3.05) is 9.80 Å². The van der Waals surface area contributed by atoms with Gasteiger partial charge in [-0.25, -0.2) is 0 Å². The van der Waals surface area contributed by atoms with Crippen LogP contribution < -0.4 is 26.2 Å². The van der Waals surface area contributed by atoms with Gasteiger partial charge in [-0.15, -0.1) is 0 Å². The molecule has 3 aliphatic heterocycles. The first-order valence-corrected chi connectivity index (χ1v) is 21.6. The summed E-state index contributed by atoms with van der Waals surface area (Å²) in [6.07, 6.45) is 4.89. The van der Waals surface area contributed by atoms with E-state index in [1.807, 2.05) is 0 Å². The predicted octanol–water partition coefficient (Wildman–Crippen LogP) is 12.2. The molecule has 1 saturated carbocycles. The lowest BCUT2D eigenvalue weighted by Crippen LogP contribution is -2.64. The number of aromatic nitrogens is 1. The zero-order valence-electron chi connectivity index (χ0n) is 35.4. The Bertz CT molecular complexity index is 2750. The standard InChI is InChI=1S/C54H54BN3/c1-51(2,3)37-28-36-29-45(35-20-12-9-13-21-35)57-46-33-41(56(39-22-14-10-15-23-39)40-24-16-11-17-25-40)34-47-48(46)55(43(31-37)49(36)57)44-32-38(52(4,5)6)30-42-50(44)58(47)54(8)27-19-18-26-53(42,54)7/h9-17,20-25,28-34H,18-19,26-27H2,1-8H3. The van der Waals surface area contributed by atoms with Gasteiger partial charge in [0.05, 0.1) is 16.9 Å². The summed E-state index contributed by atoms with van der Waals surface area (Å²) in [5.41, 5.74) is 20.2. The molecule has 0 radical (unpaired) electrons. The lowest BCUT2D eigenvalue weighted by molar-refractivity contribution is 0.195. The normalized spacial score (nSPS) is 20.2. The second kappa shape index (κ2) is 12.0. The Hall–Kier alpha value is -5.48. The molecule has 0 saturated heterocycles. The molecule has 1 aromatic heterocycles. The van der Waals surface area contributed by atoms with Crippen LogP contribution in [0.15, 0.2) is 133 Å². The highest BCUT2D eigenvalue weighted by Crippen LogP contribution is 2.62. The van der Waals surface area contributed by atoms with Gasteiger partial charge in [-0.05, 0) is 118 Å². The molecular weight excluding hydrogens is 701 g/mol. The Morgan fingerprint density at radius 2 is 1.16 bits per heavy atom. The van der Waals surface area contributed by atoms with Crippen LogP contribution in [0.1, 0.15) is 97.8 Å². The van der Waals surface area contributed by atoms with Crippen LogP contribution in [-0.2, 0) is 16.2 Å². The predicted molar refractivity (Wildman–Crippen MR) is 248 cm³/mol. The van der Waals surface area contributed by atoms with Crippen LogP contribution in [0.2, 0.25) is 0 Å². The van der Waals surface area contributed by atoms with Crippen molar-refractivity contribution in [2.45, 2.75) is 103 Å². The summed E-state index contributed by atoms with van der Waals surface area (Å²) in [6.45, 7) is 19.7. The van der Waals surface area contributed by atoms with Crippen LogP contribution in [0.5, 0.6) is 0 Å². The molecule has 0 bridgehead atoms. The second-order valence-electron chi connectivity index (χ2n) is 20.2. The van der Waals surface area contributed by atoms with E-state index >= 15 is 0 Å². The Balaban J connectivity index is 1.33.